The van der Waals surface area contributed by atoms with Crippen molar-refractivity contribution >= 4 is 10.0 Å². The van der Waals surface area contributed by atoms with Gasteiger partial charge in [0.2, 0.25) is 10.0 Å². The Balaban J connectivity index is 3.25. The minimum absolute atomic E-state index is 0.291. The maximum Gasteiger partial charge on any atom is 0.245 e. The average Bonchev–Trinajstić information content (AvgIpc) is 2.37. The van der Waals surface area contributed by atoms with Crippen molar-refractivity contribution in [3.63, 3.8) is 0 Å². The number of rotatable bonds is 6. The molecule has 0 fully saturated rings. The Kier molecular flexibility index (Phi) is 5.83. The molecule has 0 saturated heterocycles. The van der Waals surface area contributed by atoms with Gasteiger partial charge in [0, 0.05) is 25.2 Å². The quantitative estimate of drug-likeness (QED) is 0.876. The molecule has 1 unspecified atom stereocenters. The fourth-order valence-electron chi connectivity index (χ4n) is 2.19. The van der Waals surface area contributed by atoms with Crippen LogP contribution in [0.15, 0.2) is 17.0 Å². The van der Waals surface area contributed by atoms with Crippen LogP contribution in [0.3, 0.4) is 0 Å². The molecule has 0 aliphatic rings. The molecule has 7 heteroatoms. The summed E-state index contributed by atoms with van der Waals surface area (Å²) in [5.74, 6) is -1.65. The summed E-state index contributed by atoms with van der Waals surface area (Å²) in [6.07, 6.45) is 0.641. The molecule has 1 aromatic rings. The van der Waals surface area contributed by atoms with Gasteiger partial charge in [0.15, 0.2) is 5.82 Å². The Morgan fingerprint density at radius 2 is 1.81 bits per heavy atom. The van der Waals surface area contributed by atoms with E-state index in [2.05, 4.69) is 0 Å². The van der Waals surface area contributed by atoms with E-state index in [4.69, 9.17) is 5.73 Å². The SMILES string of the molecule is CC(C)CC(C)N(C)S(=O)(=O)c1ccc(F)c(CN)c1F. The first kappa shape index (κ1) is 18.0. The summed E-state index contributed by atoms with van der Waals surface area (Å²) in [6, 6.07) is 1.58. The van der Waals surface area contributed by atoms with Gasteiger partial charge in [-0.3, -0.25) is 0 Å². The van der Waals surface area contributed by atoms with Gasteiger partial charge < -0.3 is 5.73 Å². The molecule has 0 radical (unpaired) electrons. The third-order valence-corrected chi connectivity index (χ3v) is 5.43. The third-order valence-electron chi connectivity index (χ3n) is 3.45. The van der Waals surface area contributed by atoms with Crippen LogP contribution in [0.1, 0.15) is 32.8 Å². The lowest BCUT2D eigenvalue weighted by Crippen LogP contribution is -2.36. The molecule has 1 atom stereocenters. The first-order valence-corrected chi connectivity index (χ1v) is 8.21. The van der Waals surface area contributed by atoms with Gasteiger partial charge in [0.1, 0.15) is 10.7 Å². The van der Waals surface area contributed by atoms with E-state index in [1.807, 2.05) is 13.8 Å². The summed E-state index contributed by atoms with van der Waals surface area (Å²) < 4.78 is 53.7. The lowest BCUT2D eigenvalue weighted by molar-refractivity contribution is 0.336. The van der Waals surface area contributed by atoms with E-state index in [1.54, 1.807) is 6.92 Å². The predicted octanol–water partition coefficient (Wildman–Crippen LogP) is 2.48. The van der Waals surface area contributed by atoms with Crippen molar-refractivity contribution in [2.45, 2.75) is 44.7 Å². The van der Waals surface area contributed by atoms with E-state index >= 15 is 0 Å². The second kappa shape index (κ2) is 6.81. The fourth-order valence-corrected chi connectivity index (χ4v) is 3.64. The monoisotopic (exact) mass is 320 g/mol. The molecule has 0 bridgehead atoms. The Hall–Kier alpha value is -1.05. The lowest BCUT2D eigenvalue weighted by Gasteiger charge is -2.26. The molecule has 2 N–H and O–H groups in total. The van der Waals surface area contributed by atoms with Gasteiger partial charge in [-0.2, -0.15) is 4.31 Å². The summed E-state index contributed by atoms with van der Waals surface area (Å²) in [5.41, 5.74) is 4.86. The molecule has 120 valence electrons. The molecule has 0 aliphatic carbocycles. The summed E-state index contributed by atoms with van der Waals surface area (Å²) in [5, 5.41) is 0. The van der Waals surface area contributed by atoms with Crippen molar-refractivity contribution in [2.75, 3.05) is 7.05 Å². The molecule has 0 aromatic heterocycles. The van der Waals surface area contributed by atoms with Gasteiger partial charge in [-0.05, 0) is 31.4 Å². The second-order valence-corrected chi connectivity index (χ2v) is 7.51. The van der Waals surface area contributed by atoms with Gasteiger partial charge in [-0.15, -0.1) is 0 Å². The van der Waals surface area contributed by atoms with Crippen LogP contribution in [-0.2, 0) is 16.6 Å². The van der Waals surface area contributed by atoms with Crippen molar-refractivity contribution < 1.29 is 17.2 Å². The van der Waals surface area contributed by atoms with E-state index in [9.17, 15) is 17.2 Å². The molecular weight excluding hydrogens is 298 g/mol. The van der Waals surface area contributed by atoms with E-state index in [0.29, 0.717) is 12.3 Å². The van der Waals surface area contributed by atoms with Crippen LogP contribution in [0.4, 0.5) is 8.78 Å². The minimum atomic E-state index is -4.03. The highest BCUT2D eigenvalue weighted by Crippen LogP contribution is 2.25. The maximum absolute atomic E-state index is 14.2. The topological polar surface area (TPSA) is 63.4 Å². The lowest BCUT2D eigenvalue weighted by atomic mass is 10.1. The van der Waals surface area contributed by atoms with Gasteiger partial charge in [0.05, 0.1) is 0 Å². The number of halogens is 2. The molecule has 0 heterocycles. The van der Waals surface area contributed by atoms with Crippen molar-refractivity contribution in [2.24, 2.45) is 11.7 Å². The number of benzene rings is 1. The Morgan fingerprint density at radius 1 is 1.24 bits per heavy atom. The van der Waals surface area contributed by atoms with Crippen LogP contribution >= 0.6 is 0 Å². The largest absolute Gasteiger partial charge is 0.326 e. The van der Waals surface area contributed by atoms with Crippen LogP contribution in [0.2, 0.25) is 0 Å². The number of hydrogen-bond acceptors (Lipinski definition) is 3. The van der Waals surface area contributed by atoms with Gasteiger partial charge in [-0.1, -0.05) is 13.8 Å². The standard InChI is InChI=1S/C14H22F2N2O2S/c1-9(2)7-10(3)18(4)21(19,20)13-6-5-12(15)11(8-17)14(13)16/h5-6,9-10H,7-8,17H2,1-4H3. The first-order chi connectivity index (χ1) is 9.62. The van der Waals surface area contributed by atoms with Crippen LogP contribution < -0.4 is 5.73 Å². The molecular formula is C14H22F2N2O2S. The summed E-state index contributed by atoms with van der Waals surface area (Å²) in [7, 11) is -2.63. The van der Waals surface area contributed by atoms with E-state index in [-0.39, 0.29) is 6.04 Å². The van der Waals surface area contributed by atoms with E-state index < -0.39 is 38.7 Å². The normalized spacial score (nSPS) is 14.0. The minimum Gasteiger partial charge on any atom is -0.326 e. The average molecular weight is 320 g/mol. The molecule has 1 aromatic carbocycles. The Bertz CT molecular complexity index is 603. The van der Waals surface area contributed by atoms with Crippen LogP contribution in [-0.4, -0.2) is 25.8 Å². The number of nitrogens with zero attached hydrogens (tertiary/aromatic N) is 1. The summed E-state index contributed by atoms with van der Waals surface area (Å²) in [4.78, 5) is -0.539. The Labute approximate surface area is 125 Å². The highest BCUT2D eigenvalue weighted by atomic mass is 32.2. The van der Waals surface area contributed by atoms with Gasteiger partial charge in [-0.25, -0.2) is 17.2 Å². The zero-order valence-electron chi connectivity index (χ0n) is 12.7. The van der Waals surface area contributed by atoms with Crippen LogP contribution in [0.5, 0.6) is 0 Å². The van der Waals surface area contributed by atoms with Gasteiger partial charge >= 0.3 is 0 Å². The molecule has 0 saturated carbocycles. The van der Waals surface area contributed by atoms with Crippen LogP contribution in [0, 0.1) is 17.6 Å². The van der Waals surface area contributed by atoms with E-state index in [0.717, 1.165) is 16.4 Å². The zero-order valence-corrected chi connectivity index (χ0v) is 13.5. The molecule has 0 aliphatic heterocycles. The Morgan fingerprint density at radius 3 is 2.29 bits per heavy atom. The predicted molar refractivity (Wildman–Crippen MR) is 78.1 cm³/mol. The fraction of sp³-hybridized carbons (Fsp3) is 0.571. The molecule has 21 heavy (non-hydrogen) atoms. The van der Waals surface area contributed by atoms with E-state index in [1.165, 1.54) is 7.05 Å². The number of hydrogen-bond donors (Lipinski definition) is 1. The smallest absolute Gasteiger partial charge is 0.245 e. The van der Waals surface area contributed by atoms with Crippen molar-refractivity contribution in [1.29, 1.82) is 0 Å². The zero-order chi connectivity index (χ0) is 16.4. The summed E-state index contributed by atoms with van der Waals surface area (Å²) in [6.45, 7) is 5.30. The van der Waals surface area contributed by atoms with Gasteiger partial charge in [0.25, 0.3) is 0 Å². The highest BCUT2D eigenvalue weighted by molar-refractivity contribution is 7.89. The number of nitrogens with two attached hydrogens (primary N) is 1. The highest BCUT2D eigenvalue weighted by Gasteiger charge is 2.30. The summed E-state index contributed by atoms with van der Waals surface area (Å²) >= 11 is 0. The molecule has 0 amide bonds. The van der Waals surface area contributed by atoms with Crippen molar-refractivity contribution in [3.8, 4) is 0 Å². The maximum atomic E-state index is 14.2. The van der Waals surface area contributed by atoms with Crippen molar-refractivity contribution in [3.05, 3.63) is 29.3 Å². The first-order valence-electron chi connectivity index (χ1n) is 6.77. The molecule has 1 rings (SSSR count). The molecule has 0 spiro atoms. The number of sulfonamides is 1. The van der Waals surface area contributed by atoms with Crippen LogP contribution in [0.25, 0.3) is 0 Å². The van der Waals surface area contributed by atoms with Crippen molar-refractivity contribution in [1.82, 2.24) is 4.31 Å². The second-order valence-electron chi connectivity index (χ2n) is 5.54. The third kappa shape index (κ3) is 3.78. The molecule has 4 nitrogen and oxygen atoms in total.